The van der Waals surface area contributed by atoms with Crippen molar-refractivity contribution in [1.29, 1.82) is 0 Å². The molecule has 0 atom stereocenters. The van der Waals surface area contributed by atoms with E-state index in [9.17, 15) is 4.79 Å². The fourth-order valence-corrected chi connectivity index (χ4v) is 3.00. The molecule has 3 nitrogen and oxygen atoms in total. The molecule has 110 valence electrons. The molecule has 20 heavy (non-hydrogen) atoms. The van der Waals surface area contributed by atoms with Crippen LogP contribution in [0.2, 0.25) is 0 Å². The van der Waals surface area contributed by atoms with Gasteiger partial charge in [0.2, 0.25) is 5.91 Å². The van der Waals surface area contributed by atoms with Gasteiger partial charge in [0.15, 0.2) is 0 Å². The first-order valence-corrected chi connectivity index (χ1v) is 7.82. The number of halogens is 1. The van der Waals surface area contributed by atoms with Crippen LogP contribution in [0.15, 0.2) is 30.3 Å². The van der Waals surface area contributed by atoms with Gasteiger partial charge >= 0.3 is 0 Å². The lowest BCUT2D eigenvalue weighted by molar-refractivity contribution is -0.119. The van der Waals surface area contributed by atoms with Crippen LogP contribution < -0.4 is 5.32 Å². The predicted octanol–water partition coefficient (Wildman–Crippen LogP) is 2.78. The quantitative estimate of drug-likeness (QED) is 0.847. The highest BCUT2D eigenvalue weighted by Crippen LogP contribution is 2.23. The summed E-state index contributed by atoms with van der Waals surface area (Å²) < 4.78 is 0. The summed E-state index contributed by atoms with van der Waals surface area (Å²) in [6.07, 6.45) is 4.37. The van der Waals surface area contributed by atoms with Crippen molar-refractivity contribution in [2.75, 3.05) is 12.9 Å². The number of carbonyl (C=O) groups is 1. The van der Waals surface area contributed by atoms with Gasteiger partial charge in [0, 0.05) is 18.6 Å². The third-order valence-electron chi connectivity index (χ3n) is 4.08. The van der Waals surface area contributed by atoms with Crippen molar-refractivity contribution in [2.45, 2.75) is 44.3 Å². The molecule has 0 spiro atoms. The molecule has 1 N–H and O–H groups in total. The molecule has 0 aromatic heterocycles. The zero-order valence-electron chi connectivity index (χ0n) is 12.0. The fourth-order valence-electron chi connectivity index (χ4n) is 2.93. The molecule has 0 saturated heterocycles. The molecule has 4 heteroatoms. The van der Waals surface area contributed by atoms with Crippen LogP contribution in [0.5, 0.6) is 0 Å². The van der Waals surface area contributed by atoms with Crippen molar-refractivity contribution < 1.29 is 4.79 Å². The Morgan fingerprint density at radius 1 is 1.25 bits per heavy atom. The Kier molecular flexibility index (Phi) is 5.86. The summed E-state index contributed by atoms with van der Waals surface area (Å²) in [7, 11) is 2.19. The van der Waals surface area contributed by atoms with Crippen molar-refractivity contribution in [1.82, 2.24) is 10.2 Å². The summed E-state index contributed by atoms with van der Waals surface area (Å²) in [5.74, 6) is 0.0150. The summed E-state index contributed by atoms with van der Waals surface area (Å²) >= 11 is 5.52. The lowest BCUT2D eigenvalue weighted by Crippen LogP contribution is -2.42. The fraction of sp³-hybridized carbons (Fsp3) is 0.562. The van der Waals surface area contributed by atoms with Crippen LogP contribution >= 0.6 is 11.6 Å². The standard InChI is InChI=1S/C16H23ClN2O/c1-19(12-13-5-3-2-4-6-13)15-9-7-14(8-10-15)18-16(20)11-17/h2-6,14-15H,7-12H2,1H3,(H,18,20). The molecule has 1 aromatic carbocycles. The molecular formula is C16H23ClN2O. The Hall–Kier alpha value is -1.06. The molecule has 1 aliphatic carbocycles. The largest absolute Gasteiger partial charge is 0.352 e. The van der Waals surface area contributed by atoms with Gasteiger partial charge in [0.25, 0.3) is 0 Å². The molecule has 0 radical (unpaired) electrons. The number of alkyl halides is 1. The summed E-state index contributed by atoms with van der Waals surface area (Å²) in [6.45, 7) is 0.990. The molecule has 1 fully saturated rings. The minimum Gasteiger partial charge on any atom is -0.352 e. The molecule has 1 amide bonds. The third kappa shape index (κ3) is 4.50. The van der Waals surface area contributed by atoms with E-state index < -0.39 is 0 Å². The number of benzene rings is 1. The lowest BCUT2D eigenvalue weighted by atomic mass is 9.90. The maximum Gasteiger partial charge on any atom is 0.235 e. The van der Waals surface area contributed by atoms with Crippen molar-refractivity contribution in [3.05, 3.63) is 35.9 Å². The normalized spacial score (nSPS) is 22.8. The average Bonchev–Trinajstić information content (AvgIpc) is 2.49. The summed E-state index contributed by atoms with van der Waals surface area (Å²) in [5.41, 5.74) is 1.35. The number of rotatable bonds is 5. The van der Waals surface area contributed by atoms with E-state index in [-0.39, 0.29) is 11.8 Å². The van der Waals surface area contributed by atoms with Gasteiger partial charge in [-0.2, -0.15) is 0 Å². The summed E-state index contributed by atoms with van der Waals surface area (Å²) in [4.78, 5) is 13.7. The molecule has 0 bridgehead atoms. The van der Waals surface area contributed by atoms with Crippen LogP contribution in [0.1, 0.15) is 31.2 Å². The summed E-state index contributed by atoms with van der Waals surface area (Å²) in [5, 5.41) is 2.99. The van der Waals surface area contributed by atoms with E-state index >= 15 is 0 Å². The van der Waals surface area contributed by atoms with Gasteiger partial charge in [0.05, 0.1) is 0 Å². The Labute approximate surface area is 126 Å². The van der Waals surface area contributed by atoms with Gasteiger partial charge in [-0.25, -0.2) is 0 Å². The topological polar surface area (TPSA) is 32.3 Å². The van der Waals surface area contributed by atoms with Crippen molar-refractivity contribution >= 4 is 17.5 Å². The van der Waals surface area contributed by atoms with E-state index in [2.05, 4.69) is 41.5 Å². The highest BCUT2D eigenvalue weighted by Gasteiger charge is 2.24. The van der Waals surface area contributed by atoms with Gasteiger partial charge in [-0.15, -0.1) is 11.6 Å². The molecule has 0 aliphatic heterocycles. The first kappa shape index (κ1) is 15.3. The minimum absolute atomic E-state index is 0.0484. The number of hydrogen-bond acceptors (Lipinski definition) is 2. The van der Waals surface area contributed by atoms with Crippen LogP contribution in [0.3, 0.4) is 0 Å². The second-order valence-corrected chi connectivity index (χ2v) is 5.87. The zero-order valence-corrected chi connectivity index (χ0v) is 12.8. The van der Waals surface area contributed by atoms with Gasteiger partial charge < -0.3 is 5.32 Å². The molecule has 1 aromatic rings. The number of hydrogen-bond donors (Lipinski definition) is 1. The molecule has 0 heterocycles. The van der Waals surface area contributed by atoms with Crippen LogP contribution in [0, 0.1) is 0 Å². The zero-order chi connectivity index (χ0) is 14.4. The molecule has 2 rings (SSSR count). The maximum atomic E-state index is 11.3. The van der Waals surface area contributed by atoms with E-state index in [4.69, 9.17) is 11.6 Å². The molecular weight excluding hydrogens is 272 g/mol. The molecule has 0 unspecified atom stereocenters. The van der Waals surface area contributed by atoms with Crippen LogP contribution in [0.4, 0.5) is 0 Å². The highest BCUT2D eigenvalue weighted by atomic mass is 35.5. The first-order chi connectivity index (χ1) is 9.69. The second kappa shape index (κ2) is 7.65. The maximum absolute atomic E-state index is 11.3. The Balaban J connectivity index is 1.77. The first-order valence-electron chi connectivity index (χ1n) is 7.28. The molecule has 1 saturated carbocycles. The van der Waals surface area contributed by atoms with E-state index in [0.717, 1.165) is 32.2 Å². The minimum atomic E-state index is -0.0484. The Morgan fingerprint density at radius 2 is 1.90 bits per heavy atom. The highest BCUT2D eigenvalue weighted by molar-refractivity contribution is 6.27. The summed E-state index contributed by atoms with van der Waals surface area (Å²) in [6, 6.07) is 11.5. The van der Waals surface area contributed by atoms with Gasteiger partial charge in [0.1, 0.15) is 5.88 Å². The van der Waals surface area contributed by atoms with Crippen LogP contribution in [-0.2, 0) is 11.3 Å². The van der Waals surface area contributed by atoms with E-state index in [0.29, 0.717) is 12.1 Å². The number of nitrogens with one attached hydrogen (secondary N) is 1. The van der Waals surface area contributed by atoms with Crippen LogP contribution in [-0.4, -0.2) is 35.8 Å². The van der Waals surface area contributed by atoms with Gasteiger partial charge in [-0.1, -0.05) is 30.3 Å². The third-order valence-corrected chi connectivity index (χ3v) is 4.32. The SMILES string of the molecule is CN(Cc1ccccc1)C1CCC(NC(=O)CCl)CC1. The number of carbonyl (C=O) groups excluding carboxylic acids is 1. The smallest absolute Gasteiger partial charge is 0.235 e. The van der Waals surface area contributed by atoms with Crippen molar-refractivity contribution in [3.63, 3.8) is 0 Å². The van der Waals surface area contributed by atoms with E-state index in [1.54, 1.807) is 0 Å². The van der Waals surface area contributed by atoms with Gasteiger partial charge in [-0.05, 0) is 38.3 Å². The van der Waals surface area contributed by atoms with Gasteiger partial charge in [-0.3, -0.25) is 9.69 Å². The Morgan fingerprint density at radius 3 is 2.50 bits per heavy atom. The van der Waals surface area contributed by atoms with Crippen molar-refractivity contribution in [3.8, 4) is 0 Å². The second-order valence-electron chi connectivity index (χ2n) is 5.61. The number of nitrogens with zero attached hydrogens (tertiary/aromatic N) is 1. The predicted molar refractivity (Wildman–Crippen MR) is 82.8 cm³/mol. The Bertz CT molecular complexity index is 416. The van der Waals surface area contributed by atoms with Crippen LogP contribution in [0.25, 0.3) is 0 Å². The average molecular weight is 295 g/mol. The monoisotopic (exact) mass is 294 g/mol. The van der Waals surface area contributed by atoms with Crippen molar-refractivity contribution in [2.24, 2.45) is 0 Å². The van der Waals surface area contributed by atoms with E-state index in [1.165, 1.54) is 5.56 Å². The lowest BCUT2D eigenvalue weighted by Gasteiger charge is -2.35. The molecule has 1 aliphatic rings. The van der Waals surface area contributed by atoms with E-state index in [1.807, 2.05) is 6.07 Å². The number of amides is 1.